The molecule has 1 aromatic rings. The van der Waals surface area contributed by atoms with E-state index in [1.54, 1.807) is 0 Å². The summed E-state index contributed by atoms with van der Waals surface area (Å²) in [6, 6.07) is 7.51. The third-order valence-electron chi connectivity index (χ3n) is 2.33. The number of benzene rings is 1. The molecule has 0 saturated carbocycles. The first-order valence-electron chi connectivity index (χ1n) is 4.87. The highest BCUT2D eigenvalue weighted by atomic mass is 79.9. The third kappa shape index (κ3) is 3.45. The lowest BCUT2D eigenvalue weighted by Crippen LogP contribution is -2.25. The molecule has 0 N–H and O–H groups in total. The van der Waals surface area contributed by atoms with Crippen LogP contribution in [0.25, 0.3) is 0 Å². The summed E-state index contributed by atoms with van der Waals surface area (Å²) in [4.78, 5) is 22.7. The van der Waals surface area contributed by atoms with Crippen molar-refractivity contribution in [1.29, 1.82) is 0 Å². The predicted molar refractivity (Wildman–Crippen MR) is 64.0 cm³/mol. The van der Waals surface area contributed by atoms with Crippen LogP contribution < -0.4 is 0 Å². The summed E-state index contributed by atoms with van der Waals surface area (Å²) in [5.74, 6) is -1.35. The fraction of sp³-hybridized carbons (Fsp3) is 0.333. The highest BCUT2D eigenvalue weighted by Crippen LogP contribution is 2.15. The van der Waals surface area contributed by atoms with Gasteiger partial charge in [0, 0.05) is 4.47 Å². The van der Waals surface area contributed by atoms with Gasteiger partial charge in [-0.05, 0) is 31.0 Å². The minimum Gasteiger partial charge on any atom is -0.468 e. The van der Waals surface area contributed by atoms with Gasteiger partial charge in [0.15, 0.2) is 0 Å². The van der Waals surface area contributed by atoms with E-state index < -0.39 is 11.9 Å². The number of esters is 1. The topological polar surface area (TPSA) is 43.4 Å². The Morgan fingerprint density at radius 1 is 1.31 bits per heavy atom. The zero-order chi connectivity index (χ0) is 12.1. The van der Waals surface area contributed by atoms with Crippen molar-refractivity contribution in [3.63, 3.8) is 0 Å². The largest absolute Gasteiger partial charge is 0.468 e. The van der Waals surface area contributed by atoms with Gasteiger partial charge in [0.1, 0.15) is 11.7 Å². The normalized spacial score (nSPS) is 11.9. The molecule has 0 amide bonds. The zero-order valence-corrected chi connectivity index (χ0v) is 10.8. The second-order valence-electron chi connectivity index (χ2n) is 3.52. The van der Waals surface area contributed by atoms with Gasteiger partial charge in [-0.15, -0.1) is 0 Å². The monoisotopic (exact) mass is 284 g/mol. The molecule has 0 fully saturated rings. The molecule has 0 unspecified atom stereocenters. The average molecular weight is 285 g/mol. The highest BCUT2D eigenvalue weighted by molar-refractivity contribution is 9.10. The van der Waals surface area contributed by atoms with Crippen LogP contribution in [0.5, 0.6) is 0 Å². The van der Waals surface area contributed by atoms with Crippen LogP contribution in [0.2, 0.25) is 0 Å². The fourth-order valence-corrected chi connectivity index (χ4v) is 1.66. The number of hydrogen-bond donors (Lipinski definition) is 0. The van der Waals surface area contributed by atoms with Crippen molar-refractivity contribution < 1.29 is 14.3 Å². The fourth-order valence-electron chi connectivity index (χ4n) is 1.39. The van der Waals surface area contributed by atoms with Crippen LogP contribution in [0.1, 0.15) is 12.5 Å². The molecule has 0 bridgehead atoms. The van der Waals surface area contributed by atoms with E-state index in [0.29, 0.717) is 6.42 Å². The van der Waals surface area contributed by atoms with Crippen molar-refractivity contribution in [3.8, 4) is 0 Å². The van der Waals surface area contributed by atoms with Gasteiger partial charge < -0.3 is 4.74 Å². The number of rotatable bonds is 4. The van der Waals surface area contributed by atoms with E-state index in [1.165, 1.54) is 14.0 Å². The van der Waals surface area contributed by atoms with Crippen molar-refractivity contribution in [3.05, 3.63) is 34.3 Å². The van der Waals surface area contributed by atoms with Crippen molar-refractivity contribution in [2.45, 2.75) is 13.3 Å². The van der Waals surface area contributed by atoms with E-state index in [4.69, 9.17) is 0 Å². The quantitative estimate of drug-likeness (QED) is 0.630. The molecule has 1 aromatic carbocycles. The Morgan fingerprint density at radius 2 is 1.88 bits per heavy atom. The molecule has 0 aliphatic heterocycles. The van der Waals surface area contributed by atoms with Gasteiger partial charge in [0.2, 0.25) is 0 Å². The Labute approximate surface area is 103 Å². The third-order valence-corrected chi connectivity index (χ3v) is 2.86. The van der Waals surface area contributed by atoms with Gasteiger partial charge >= 0.3 is 5.97 Å². The molecule has 4 heteroatoms. The molecule has 86 valence electrons. The summed E-state index contributed by atoms with van der Waals surface area (Å²) in [6.07, 6.45) is 0.384. The number of Topliss-reactive ketones (excluding diaryl/α,β-unsaturated/α-hetero) is 1. The van der Waals surface area contributed by atoms with E-state index in [1.807, 2.05) is 24.3 Å². The number of halogens is 1. The number of ether oxygens (including phenoxy) is 1. The van der Waals surface area contributed by atoms with Crippen LogP contribution in [-0.2, 0) is 20.7 Å². The molecule has 0 spiro atoms. The van der Waals surface area contributed by atoms with Crippen molar-refractivity contribution >= 4 is 27.7 Å². The number of ketones is 1. The first-order valence-corrected chi connectivity index (χ1v) is 5.66. The van der Waals surface area contributed by atoms with Crippen LogP contribution in [0, 0.1) is 5.92 Å². The minimum absolute atomic E-state index is 0.172. The van der Waals surface area contributed by atoms with Gasteiger partial charge in [-0.25, -0.2) is 0 Å². The molecule has 16 heavy (non-hydrogen) atoms. The van der Waals surface area contributed by atoms with Gasteiger partial charge in [-0.1, -0.05) is 28.1 Å². The number of hydrogen-bond acceptors (Lipinski definition) is 3. The summed E-state index contributed by atoms with van der Waals surface area (Å²) in [7, 11) is 1.29. The van der Waals surface area contributed by atoms with Gasteiger partial charge in [-0.2, -0.15) is 0 Å². The predicted octanol–water partition coefficient (Wildman–Crippen LogP) is 2.37. The number of carbonyl (C=O) groups excluding carboxylic acids is 2. The van der Waals surface area contributed by atoms with Crippen LogP contribution in [-0.4, -0.2) is 18.9 Å². The summed E-state index contributed by atoms with van der Waals surface area (Å²) in [5, 5.41) is 0. The molecular weight excluding hydrogens is 272 g/mol. The zero-order valence-electron chi connectivity index (χ0n) is 9.20. The lowest BCUT2D eigenvalue weighted by Gasteiger charge is -2.11. The SMILES string of the molecule is COC(=O)[C@H](Cc1ccc(Br)cc1)C(C)=O. The summed E-state index contributed by atoms with van der Waals surface area (Å²) < 4.78 is 5.57. The minimum atomic E-state index is -0.703. The molecule has 0 radical (unpaired) electrons. The van der Waals surface area contributed by atoms with Gasteiger partial charge in [0.05, 0.1) is 7.11 Å². The second-order valence-corrected chi connectivity index (χ2v) is 4.43. The maximum absolute atomic E-state index is 11.4. The molecule has 0 aromatic heterocycles. The molecule has 3 nitrogen and oxygen atoms in total. The first kappa shape index (κ1) is 12.9. The summed E-state index contributed by atoms with van der Waals surface area (Å²) in [5.41, 5.74) is 0.939. The molecule has 1 atom stereocenters. The lowest BCUT2D eigenvalue weighted by molar-refractivity contribution is -0.148. The van der Waals surface area contributed by atoms with E-state index in [2.05, 4.69) is 20.7 Å². The van der Waals surface area contributed by atoms with Crippen LogP contribution in [0.3, 0.4) is 0 Å². The molecule has 0 aliphatic carbocycles. The molecule has 0 aliphatic rings. The molecule has 0 saturated heterocycles. The second kappa shape index (κ2) is 5.80. The number of carbonyl (C=O) groups is 2. The summed E-state index contributed by atoms with van der Waals surface area (Å²) >= 11 is 3.32. The van der Waals surface area contributed by atoms with Crippen LogP contribution in [0.15, 0.2) is 28.7 Å². The Bertz CT molecular complexity index is 384. The molecular formula is C12H13BrO3. The van der Waals surface area contributed by atoms with Crippen LogP contribution >= 0.6 is 15.9 Å². The maximum Gasteiger partial charge on any atom is 0.316 e. The standard InChI is InChI=1S/C12H13BrO3/c1-8(14)11(12(15)16-2)7-9-3-5-10(13)6-4-9/h3-6,11H,7H2,1-2H3/t11-/m1/s1. The summed E-state index contributed by atoms with van der Waals surface area (Å²) in [6.45, 7) is 1.40. The average Bonchev–Trinajstić information content (AvgIpc) is 2.27. The Morgan fingerprint density at radius 3 is 2.31 bits per heavy atom. The Hall–Kier alpha value is -1.16. The first-order chi connectivity index (χ1) is 7.54. The van der Waals surface area contributed by atoms with Crippen molar-refractivity contribution in [1.82, 2.24) is 0 Å². The highest BCUT2D eigenvalue weighted by Gasteiger charge is 2.24. The lowest BCUT2D eigenvalue weighted by atomic mass is 9.96. The number of methoxy groups -OCH3 is 1. The van der Waals surface area contributed by atoms with Crippen LogP contribution in [0.4, 0.5) is 0 Å². The Balaban J connectivity index is 2.80. The molecule has 0 heterocycles. The van der Waals surface area contributed by atoms with E-state index in [9.17, 15) is 9.59 Å². The maximum atomic E-state index is 11.4. The molecule has 1 rings (SSSR count). The van der Waals surface area contributed by atoms with E-state index in [-0.39, 0.29) is 5.78 Å². The smallest absolute Gasteiger partial charge is 0.316 e. The van der Waals surface area contributed by atoms with Crippen molar-refractivity contribution in [2.75, 3.05) is 7.11 Å². The van der Waals surface area contributed by atoms with Gasteiger partial charge in [0.25, 0.3) is 0 Å². The van der Waals surface area contributed by atoms with Gasteiger partial charge in [-0.3, -0.25) is 9.59 Å². The van der Waals surface area contributed by atoms with E-state index in [0.717, 1.165) is 10.0 Å². The van der Waals surface area contributed by atoms with E-state index >= 15 is 0 Å². The Kier molecular flexibility index (Phi) is 4.68. The van der Waals surface area contributed by atoms with Crippen molar-refractivity contribution in [2.24, 2.45) is 5.92 Å².